The molecule has 1 atom stereocenters. The molecule has 2 nitrogen and oxygen atoms in total. The Bertz CT molecular complexity index is 355. The van der Waals surface area contributed by atoms with E-state index < -0.39 is 35.8 Å². The minimum Gasteiger partial charge on any atom is -0.445 e. The van der Waals surface area contributed by atoms with Crippen LogP contribution in [0.2, 0.25) is 0 Å². The number of esters is 1. The maximum absolute atomic E-state index is 12.8. The van der Waals surface area contributed by atoms with Crippen molar-refractivity contribution in [2.24, 2.45) is 5.41 Å². The minimum absolute atomic E-state index is 0.103. The summed E-state index contributed by atoms with van der Waals surface area (Å²) in [4.78, 5) is 11.3. The molecule has 0 aromatic rings. The molecule has 0 aliphatic carbocycles. The number of carbonyl (C=O) groups is 1. The zero-order valence-electron chi connectivity index (χ0n) is 10.6. The van der Waals surface area contributed by atoms with Crippen LogP contribution in [0, 0.1) is 5.41 Å². The molecule has 0 aromatic carbocycles. The monoisotopic (exact) mass is 316 g/mol. The first-order valence-electron chi connectivity index (χ1n) is 5.29. The van der Waals surface area contributed by atoms with E-state index in [1.54, 1.807) is 0 Å². The predicted octanol–water partition coefficient (Wildman–Crippen LogP) is 4.09. The first-order chi connectivity index (χ1) is 8.57. The van der Waals surface area contributed by atoms with Crippen LogP contribution in [0.1, 0.15) is 27.2 Å². The normalized spacial score (nSPS) is 15.9. The highest BCUT2D eigenvalue weighted by Gasteiger charge is 2.72. The third-order valence-corrected chi connectivity index (χ3v) is 2.67. The van der Waals surface area contributed by atoms with Crippen molar-refractivity contribution in [2.75, 3.05) is 0 Å². The van der Waals surface area contributed by atoms with Crippen LogP contribution in [-0.2, 0) is 9.53 Å². The number of halogens is 8. The van der Waals surface area contributed by atoms with Gasteiger partial charge in [-0.05, 0) is 20.3 Å². The molecular formula is C10H12F8O2. The van der Waals surface area contributed by atoms with Crippen molar-refractivity contribution in [2.45, 2.75) is 51.6 Å². The standard InChI is InChI=1S/C10H12F8O2/c1-4-7(2,3)6(19)20-5(9(13,14)15)8(11,12)10(16,17)18/h5H,4H2,1-3H3. The van der Waals surface area contributed by atoms with Crippen LogP contribution in [0.5, 0.6) is 0 Å². The van der Waals surface area contributed by atoms with Crippen molar-refractivity contribution in [1.29, 1.82) is 0 Å². The van der Waals surface area contributed by atoms with Crippen LogP contribution in [0.25, 0.3) is 0 Å². The molecular weight excluding hydrogens is 304 g/mol. The van der Waals surface area contributed by atoms with E-state index in [-0.39, 0.29) is 6.42 Å². The van der Waals surface area contributed by atoms with Crippen LogP contribution in [0.4, 0.5) is 35.1 Å². The van der Waals surface area contributed by atoms with Gasteiger partial charge in [0.2, 0.25) is 0 Å². The fourth-order valence-electron chi connectivity index (χ4n) is 0.906. The molecule has 20 heavy (non-hydrogen) atoms. The second-order valence-corrected chi connectivity index (χ2v) is 4.69. The number of alkyl halides is 8. The van der Waals surface area contributed by atoms with E-state index in [9.17, 15) is 39.9 Å². The van der Waals surface area contributed by atoms with Gasteiger partial charge in [0.05, 0.1) is 5.41 Å². The van der Waals surface area contributed by atoms with Crippen LogP contribution in [0.15, 0.2) is 0 Å². The van der Waals surface area contributed by atoms with Gasteiger partial charge >= 0.3 is 24.2 Å². The van der Waals surface area contributed by atoms with Crippen molar-refractivity contribution in [3.05, 3.63) is 0 Å². The summed E-state index contributed by atoms with van der Waals surface area (Å²) in [6.45, 7) is 3.47. The average molecular weight is 316 g/mol. The molecule has 0 aromatic heterocycles. The Kier molecular flexibility index (Phi) is 5.07. The minimum atomic E-state index is -6.50. The molecule has 0 N–H and O–H groups in total. The quantitative estimate of drug-likeness (QED) is 0.577. The summed E-state index contributed by atoms with van der Waals surface area (Å²) in [5.41, 5.74) is -1.62. The summed E-state index contributed by atoms with van der Waals surface area (Å²) in [7, 11) is 0. The highest BCUT2D eigenvalue weighted by atomic mass is 19.4. The zero-order valence-corrected chi connectivity index (χ0v) is 10.6. The summed E-state index contributed by atoms with van der Waals surface area (Å²) in [6, 6.07) is 0. The van der Waals surface area contributed by atoms with Gasteiger partial charge < -0.3 is 4.74 Å². The number of ether oxygens (including phenoxy) is 1. The Balaban J connectivity index is 5.50. The third kappa shape index (κ3) is 3.95. The average Bonchev–Trinajstić information content (AvgIpc) is 2.21. The van der Waals surface area contributed by atoms with Gasteiger partial charge in [-0.1, -0.05) is 6.92 Å². The van der Waals surface area contributed by atoms with Gasteiger partial charge in [0.25, 0.3) is 6.10 Å². The third-order valence-electron chi connectivity index (χ3n) is 2.67. The molecule has 10 heteroatoms. The van der Waals surface area contributed by atoms with Gasteiger partial charge in [0.1, 0.15) is 0 Å². The maximum atomic E-state index is 12.8. The fourth-order valence-corrected chi connectivity index (χ4v) is 0.906. The topological polar surface area (TPSA) is 26.3 Å². The smallest absolute Gasteiger partial charge is 0.445 e. The molecule has 0 saturated heterocycles. The lowest BCUT2D eigenvalue weighted by molar-refractivity contribution is -0.361. The molecule has 0 saturated carbocycles. The lowest BCUT2D eigenvalue weighted by Gasteiger charge is -2.32. The zero-order chi connectivity index (χ0) is 16.6. The van der Waals surface area contributed by atoms with Crippen molar-refractivity contribution in [3.8, 4) is 0 Å². The van der Waals surface area contributed by atoms with Crippen molar-refractivity contribution >= 4 is 5.97 Å². The molecule has 0 heterocycles. The van der Waals surface area contributed by atoms with Crippen molar-refractivity contribution in [1.82, 2.24) is 0 Å². The number of rotatable bonds is 4. The number of hydrogen-bond acceptors (Lipinski definition) is 2. The van der Waals surface area contributed by atoms with Gasteiger partial charge in [-0.3, -0.25) is 4.79 Å². The van der Waals surface area contributed by atoms with Crippen LogP contribution in [0.3, 0.4) is 0 Å². The highest BCUT2D eigenvalue weighted by Crippen LogP contribution is 2.45. The largest absolute Gasteiger partial charge is 0.457 e. The van der Waals surface area contributed by atoms with Gasteiger partial charge in [-0.25, -0.2) is 0 Å². The van der Waals surface area contributed by atoms with E-state index in [4.69, 9.17) is 0 Å². The molecule has 0 aliphatic rings. The van der Waals surface area contributed by atoms with Crippen LogP contribution >= 0.6 is 0 Å². The Hall–Kier alpha value is -1.09. The molecule has 1 unspecified atom stereocenters. The summed E-state index contributed by atoms with van der Waals surface area (Å²) >= 11 is 0. The SMILES string of the molecule is CCC(C)(C)C(=O)OC(C(F)(F)F)C(F)(F)C(F)(F)F. The first kappa shape index (κ1) is 18.9. The Morgan fingerprint density at radius 1 is 1.00 bits per heavy atom. The highest BCUT2D eigenvalue weighted by molar-refractivity contribution is 5.76. The predicted molar refractivity (Wildman–Crippen MR) is 51.0 cm³/mol. The molecule has 0 fully saturated rings. The Morgan fingerprint density at radius 2 is 1.40 bits per heavy atom. The van der Waals surface area contributed by atoms with Crippen LogP contribution < -0.4 is 0 Å². The second-order valence-electron chi connectivity index (χ2n) is 4.69. The summed E-state index contributed by atoms with van der Waals surface area (Å²) in [5.74, 6) is -8.02. The van der Waals surface area contributed by atoms with E-state index in [0.29, 0.717) is 0 Å². The van der Waals surface area contributed by atoms with E-state index in [0.717, 1.165) is 13.8 Å². The van der Waals surface area contributed by atoms with Gasteiger partial charge in [-0.15, -0.1) is 0 Å². The number of carbonyl (C=O) groups excluding carboxylic acids is 1. The summed E-state index contributed by atoms with van der Waals surface area (Å²) in [6.07, 6.45) is -17.2. The molecule has 0 spiro atoms. The van der Waals surface area contributed by atoms with E-state index in [2.05, 4.69) is 4.74 Å². The second kappa shape index (κ2) is 5.36. The van der Waals surface area contributed by atoms with Crippen molar-refractivity contribution in [3.63, 3.8) is 0 Å². The molecule has 120 valence electrons. The number of hydrogen-bond donors (Lipinski definition) is 0. The van der Waals surface area contributed by atoms with Gasteiger partial charge in [0.15, 0.2) is 0 Å². The molecule has 0 aliphatic heterocycles. The Morgan fingerprint density at radius 3 is 1.65 bits per heavy atom. The first-order valence-corrected chi connectivity index (χ1v) is 5.29. The molecule has 0 amide bonds. The van der Waals surface area contributed by atoms with E-state index >= 15 is 0 Å². The van der Waals surface area contributed by atoms with Gasteiger partial charge in [0, 0.05) is 0 Å². The maximum Gasteiger partial charge on any atom is 0.457 e. The lowest BCUT2D eigenvalue weighted by Crippen LogP contribution is -2.56. The molecule has 0 radical (unpaired) electrons. The fraction of sp³-hybridized carbons (Fsp3) is 0.900. The van der Waals surface area contributed by atoms with E-state index in [1.807, 2.05) is 0 Å². The Labute approximate surface area is 109 Å². The van der Waals surface area contributed by atoms with Crippen molar-refractivity contribution < 1.29 is 44.7 Å². The summed E-state index contributed by atoms with van der Waals surface area (Å²) < 4.78 is 102. The lowest BCUT2D eigenvalue weighted by atomic mass is 9.90. The van der Waals surface area contributed by atoms with E-state index in [1.165, 1.54) is 6.92 Å². The molecule has 0 rings (SSSR count). The molecule has 0 bridgehead atoms. The summed E-state index contributed by atoms with van der Waals surface area (Å²) in [5, 5.41) is 0. The van der Waals surface area contributed by atoms with Gasteiger partial charge in [-0.2, -0.15) is 35.1 Å². The van der Waals surface area contributed by atoms with Crippen LogP contribution in [-0.4, -0.2) is 30.3 Å².